The maximum absolute atomic E-state index is 5.82. The molecule has 1 saturated heterocycles. The summed E-state index contributed by atoms with van der Waals surface area (Å²) in [6.07, 6.45) is 5.29. The maximum atomic E-state index is 5.82. The molecule has 2 aromatic heterocycles. The Kier molecular flexibility index (Phi) is 3.47. The van der Waals surface area contributed by atoms with Crippen LogP contribution in [0.3, 0.4) is 0 Å². The molecule has 3 heterocycles. The summed E-state index contributed by atoms with van der Waals surface area (Å²) in [5.74, 6) is 1.93. The molecular formula is C15H24N6. The quantitative estimate of drug-likeness (QED) is 0.842. The molecule has 6 heteroatoms. The minimum atomic E-state index is 0.293. The zero-order valence-electron chi connectivity index (χ0n) is 13.1. The molecule has 114 valence electrons. The van der Waals surface area contributed by atoms with Gasteiger partial charge in [0.2, 0.25) is 5.95 Å². The molecule has 0 spiro atoms. The molecule has 0 saturated carbocycles. The van der Waals surface area contributed by atoms with Crippen molar-refractivity contribution in [3.8, 4) is 0 Å². The van der Waals surface area contributed by atoms with Gasteiger partial charge in [-0.1, -0.05) is 20.8 Å². The molecule has 3 N–H and O–H groups in total. The molecule has 1 fully saturated rings. The number of anilines is 2. The van der Waals surface area contributed by atoms with E-state index >= 15 is 0 Å². The molecule has 0 aromatic carbocycles. The smallest absolute Gasteiger partial charge is 0.224 e. The Bertz CT molecular complexity index is 627. The summed E-state index contributed by atoms with van der Waals surface area (Å²) in [6, 6.07) is 0. The number of imidazole rings is 1. The summed E-state index contributed by atoms with van der Waals surface area (Å²) in [4.78, 5) is 18.3. The fraction of sp³-hybridized carbons (Fsp3) is 0.667. The second-order valence-electron chi connectivity index (χ2n) is 6.99. The van der Waals surface area contributed by atoms with Gasteiger partial charge in [-0.25, -0.2) is 4.98 Å². The van der Waals surface area contributed by atoms with Gasteiger partial charge in [-0.05, 0) is 30.6 Å². The number of nitrogens with two attached hydrogens (primary N) is 1. The van der Waals surface area contributed by atoms with Gasteiger partial charge in [0.1, 0.15) is 5.52 Å². The van der Waals surface area contributed by atoms with Gasteiger partial charge in [0.05, 0.1) is 6.33 Å². The summed E-state index contributed by atoms with van der Waals surface area (Å²) < 4.78 is 0. The van der Waals surface area contributed by atoms with Crippen molar-refractivity contribution in [1.29, 1.82) is 0 Å². The summed E-state index contributed by atoms with van der Waals surface area (Å²) in [5.41, 5.74) is 7.72. The van der Waals surface area contributed by atoms with Crippen LogP contribution in [0.5, 0.6) is 0 Å². The molecule has 1 unspecified atom stereocenters. The largest absolute Gasteiger partial charge is 0.368 e. The van der Waals surface area contributed by atoms with E-state index in [0.717, 1.165) is 30.3 Å². The summed E-state index contributed by atoms with van der Waals surface area (Å²) in [7, 11) is 0. The molecule has 1 atom stereocenters. The molecule has 0 amide bonds. The summed E-state index contributed by atoms with van der Waals surface area (Å²) in [6.45, 7) is 9.03. The van der Waals surface area contributed by atoms with Gasteiger partial charge in [0.15, 0.2) is 11.5 Å². The molecule has 1 aliphatic rings. The van der Waals surface area contributed by atoms with Gasteiger partial charge in [-0.3, -0.25) is 0 Å². The lowest BCUT2D eigenvalue weighted by molar-refractivity contribution is 0.220. The molecular weight excluding hydrogens is 264 g/mol. The average Bonchev–Trinajstić information content (AvgIpc) is 2.71. The second kappa shape index (κ2) is 5.16. The first-order valence-corrected chi connectivity index (χ1v) is 7.66. The Morgan fingerprint density at radius 3 is 2.81 bits per heavy atom. The van der Waals surface area contributed by atoms with Crippen LogP contribution in [0, 0.1) is 11.3 Å². The van der Waals surface area contributed by atoms with Gasteiger partial charge in [0, 0.05) is 13.1 Å². The third kappa shape index (κ3) is 2.80. The van der Waals surface area contributed by atoms with E-state index in [1.165, 1.54) is 19.3 Å². The van der Waals surface area contributed by atoms with Crippen molar-refractivity contribution in [2.45, 2.75) is 40.0 Å². The molecule has 21 heavy (non-hydrogen) atoms. The van der Waals surface area contributed by atoms with Crippen LogP contribution in [0.4, 0.5) is 11.8 Å². The van der Waals surface area contributed by atoms with E-state index < -0.39 is 0 Å². The Hall–Kier alpha value is -1.85. The van der Waals surface area contributed by atoms with E-state index in [1.807, 2.05) is 0 Å². The lowest BCUT2D eigenvalue weighted by Gasteiger charge is -2.30. The van der Waals surface area contributed by atoms with E-state index in [9.17, 15) is 0 Å². The lowest BCUT2D eigenvalue weighted by atomic mass is 9.77. The number of nitrogens with zero attached hydrogens (tertiary/aromatic N) is 4. The zero-order valence-corrected chi connectivity index (χ0v) is 13.1. The second-order valence-corrected chi connectivity index (χ2v) is 6.99. The van der Waals surface area contributed by atoms with Crippen LogP contribution in [0.25, 0.3) is 11.2 Å². The molecule has 2 aromatic rings. The highest BCUT2D eigenvalue weighted by molar-refractivity contribution is 5.84. The van der Waals surface area contributed by atoms with Crippen LogP contribution in [0.15, 0.2) is 6.33 Å². The van der Waals surface area contributed by atoms with Crippen LogP contribution in [0.1, 0.15) is 40.0 Å². The summed E-state index contributed by atoms with van der Waals surface area (Å²) >= 11 is 0. The monoisotopic (exact) mass is 288 g/mol. The SMILES string of the molecule is CC(C)(C)C1CCCN(c2nc(N)nc3nc[nH]c23)CC1. The van der Waals surface area contributed by atoms with Gasteiger partial charge in [-0.15, -0.1) is 0 Å². The minimum absolute atomic E-state index is 0.293. The van der Waals surface area contributed by atoms with E-state index in [0.29, 0.717) is 17.0 Å². The van der Waals surface area contributed by atoms with Crippen LogP contribution in [-0.4, -0.2) is 33.0 Å². The van der Waals surface area contributed by atoms with E-state index in [-0.39, 0.29) is 0 Å². The first-order chi connectivity index (χ1) is 9.95. The van der Waals surface area contributed by atoms with Crippen molar-refractivity contribution in [1.82, 2.24) is 19.9 Å². The molecule has 0 aliphatic carbocycles. The van der Waals surface area contributed by atoms with Crippen molar-refractivity contribution < 1.29 is 0 Å². The van der Waals surface area contributed by atoms with Crippen molar-refractivity contribution in [3.05, 3.63) is 6.33 Å². The van der Waals surface area contributed by atoms with Crippen LogP contribution < -0.4 is 10.6 Å². The highest BCUT2D eigenvalue weighted by atomic mass is 15.2. The number of fused-ring (bicyclic) bond motifs is 1. The number of aromatic amines is 1. The number of hydrogen-bond acceptors (Lipinski definition) is 5. The minimum Gasteiger partial charge on any atom is -0.368 e. The normalized spacial score (nSPS) is 20.7. The predicted molar refractivity (Wildman–Crippen MR) is 85.1 cm³/mol. The molecule has 0 bridgehead atoms. The van der Waals surface area contributed by atoms with Crippen molar-refractivity contribution >= 4 is 22.9 Å². The van der Waals surface area contributed by atoms with Crippen LogP contribution >= 0.6 is 0 Å². The van der Waals surface area contributed by atoms with Crippen LogP contribution in [-0.2, 0) is 0 Å². The zero-order chi connectivity index (χ0) is 15.0. The third-order valence-electron chi connectivity index (χ3n) is 4.54. The van der Waals surface area contributed by atoms with Gasteiger partial charge in [0.25, 0.3) is 0 Å². The first-order valence-electron chi connectivity index (χ1n) is 7.66. The van der Waals surface area contributed by atoms with Gasteiger partial charge < -0.3 is 15.6 Å². The van der Waals surface area contributed by atoms with Gasteiger partial charge in [-0.2, -0.15) is 9.97 Å². The van der Waals surface area contributed by atoms with Crippen molar-refractivity contribution in [2.24, 2.45) is 11.3 Å². The Labute approximate surface area is 125 Å². The van der Waals surface area contributed by atoms with Crippen LogP contribution in [0.2, 0.25) is 0 Å². The average molecular weight is 288 g/mol. The molecule has 1 aliphatic heterocycles. The molecule has 0 radical (unpaired) electrons. The number of H-pyrrole nitrogens is 1. The first kappa shape index (κ1) is 14.1. The number of hydrogen-bond donors (Lipinski definition) is 2. The fourth-order valence-electron chi connectivity index (χ4n) is 3.24. The lowest BCUT2D eigenvalue weighted by Crippen LogP contribution is -2.27. The van der Waals surface area contributed by atoms with E-state index in [1.54, 1.807) is 6.33 Å². The standard InChI is InChI=1S/C15H24N6/c1-15(2,3)10-5-4-7-21(8-6-10)13-11-12(18-9-17-11)19-14(16)20-13/h9-10H,4-8H2,1-3H3,(H3,16,17,18,19,20). The number of aromatic nitrogens is 4. The van der Waals surface area contributed by atoms with E-state index in [4.69, 9.17) is 5.73 Å². The fourth-order valence-corrected chi connectivity index (χ4v) is 3.24. The molecule has 3 rings (SSSR count). The Morgan fingerprint density at radius 1 is 1.24 bits per heavy atom. The van der Waals surface area contributed by atoms with Gasteiger partial charge >= 0.3 is 0 Å². The number of nitrogens with one attached hydrogen (secondary N) is 1. The number of rotatable bonds is 1. The van der Waals surface area contributed by atoms with E-state index in [2.05, 4.69) is 45.6 Å². The third-order valence-corrected chi connectivity index (χ3v) is 4.54. The molecule has 6 nitrogen and oxygen atoms in total. The predicted octanol–water partition coefficient (Wildman–Crippen LogP) is 2.59. The Morgan fingerprint density at radius 2 is 2.05 bits per heavy atom. The Balaban J connectivity index is 1.88. The highest BCUT2D eigenvalue weighted by Crippen LogP contribution is 2.35. The number of nitrogen functional groups attached to an aromatic ring is 1. The van der Waals surface area contributed by atoms with Crippen molar-refractivity contribution in [2.75, 3.05) is 23.7 Å². The summed E-state index contributed by atoms with van der Waals surface area (Å²) in [5, 5.41) is 0. The van der Waals surface area contributed by atoms with Crippen molar-refractivity contribution in [3.63, 3.8) is 0 Å². The highest BCUT2D eigenvalue weighted by Gasteiger charge is 2.28. The maximum Gasteiger partial charge on any atom is 0.224 e. The topological polar surface area (TPSA) is 83.7 Å².